The molecule has 2 aromatic rings. The molecule has 0 amide bonds. The second-order valence-electron chi connectivity index (χ2n) is 4.43. The summed E-state index contributed by atoms with van der Waals surface area (Å²) in [6, 6.07) is 11.3. The number of hydrogen-bond donors (Lipinski definition) is 2. The number of benzene rings is 2. The first-order valence-corrected chi connectivity index (χ1v) is 7.63. The van der Waals surface area contributed by atoms with Gasteiger partial charge in [-0.05, 0) is 29.8 Å². The van der Waals surface area contributed by atoms with E-state index in [1.54, 1.807) is 19.2 Å². The van der Waals surface area contributed by atoms with Gasteiger partial charge < -0.3 is 15.2 Å². The van der Waals surface area contributed by atoms with Crippen molar-refractivity contribution < 1.29 is 17.9 Å². The molecule has 0 radical (unpaired) electrons. The van der Waals surface area contributed by atoms with Crippen molar-refractivity contribution in [3.05, 3.63) is 48.0 Å². The zero-order chi connectivity index (χ0) is 15.5. The number of primary sulfonamides is 1. The van der Waals surface area contributed by atoms with E-state index in [9.17, 15) is 8.42 Å². The second-order valence-corrected chi connectivity index (χ2v) is 5.99. The van der Waals surface area contributed by atoms with Crippen molar-refractivity contribution in [1.82, 2.24) is 0 Å². The molecular formula is C14H16N2O4S. The molecule has 0 saturated carbocycles. The summed E-state index contributed by atoms with van der Waals surface area (Å²) >= 11 is 0. The molecule has 0 fully saturated rings. The number of anilines is 1. The first kappa shape index (κ1) is 15.3. The Hall–Kier alpha value is -2.09. The van der Waals surface area contributed by atoms with Gasteiger partial charge in [0, 0.05) is 13.2 Å². The lowest BCUT2D eigenvalue weighted by atomic mass is 10.2. The minimum atomic E-state index is -3.81. The highest BCUT2D eigenvalue weighted by molar-refractivity contribution is 7.89. The van der Waals surface area contributed by atoms with Crippen LogP contribution < -0.4 is 15.6 Å². The Bertz CT molecular complexity index is 744. The Morgan fingerprint density at radius 2 is 1.90 bits per heavy atom. The molecule has 0 aliphatic heterocycles. The van der Waals surface area contributed by atoms with Crippen molar-refractivity contribution in [3.8, 4) is 11.5 Å². The van der Waals surface area contributed by atoms with Gasteiger partial charge in [-0.3, -0.25) is 0 Å². The van der Waals surface area contributed by atoms with Gasteiger partial charge in [0.2, 0.25) is 10.0 Å². The SMILES string of the molecule is COCc1cccc(Oc2cc(S(N)(=O)=O)ccc2N)c1. The van der Waals surface area contributed by atoms with Crippen molar-refractivity contribution in [2.45, 2.75) is 11.5 Å². The quantitative estimate of drug-likeness (QED) is 0.820. The van der Waals surface area contributed by atoms with Crippen LogP contribution in [0, 0.1) is 0 Å². The Balaban J connectivity index is 2.33. The lowest BCUT2D eigenvalue weighted by Crippen LogP contribution is -2.12. The number of nitrogen functional groups attached to an aromatic ring is 1. The van der Waals surface area contributed by atoms with Crippen LogP contribution in [0.15, 0.2) is 47.4 Å². The molecule has 2 aromatic carbocycles. The lowest BCUT2D eigenvalue weighted by Gasteiger charge is -2.11. The number of rotatable bonds is 5. The van der Waals surface area contributed by atoms with Crippen molar-refractivity contribution in [2.75, 3.05) is 12.8 Å². The van der Waals surface area contributed by atoms with Gasteiger partial charge in [-0.2, -0.15) is 0 Å². The molecule has 4 N–H and O–H groups in total. The van der Waals surface area contributed by atoms with Gasteiger partial charge in [-0.1, -0.05) is 12.1 Å². The Morgan fingerprint density at radius 3 is 2.57 bits per heavy atom. The summed E-state index contributed by atoms with van der Waals surface area (Å²) in [4.78, 5) is -0.0558. The van der Waals surface area contributed by atoms with E-state index in [1.165, 1.54) is 18.2 Å². The molecule has 0 heterocycles. The molecular weight excluding hydrogens is 292 g/mol. The van der Waals surface area contributed by atoms with Crippen LogP contribution in [0.1, 0.15) is 5.56 Å². The van der Waals surface area contributed by atoms with E-state index in [2.05, 4.69) is 0 Å². The third kappa shape index (κ3) is 3.94. The minimum absolute atomic E-state index is 0.0558. The summed E-state index contributed by atoms with van der Waals surface area (Å²) in [5.41, 5.74) is 7.04. The van der Waals surface area contributed by atoms with Gasteiger partial charge in [0.15, 0.2) is 5.75 Å². The lowest BCUT2D eigenvalue weighted by molar-refractivity contribution is 0.184. The average Bonchev–Trinajstić information content (AvgIpc) is 2.41. The summed E-state index contributed by atoms with van der Waals surface area (Å²) in [7, 11) is -2.21. The molecule has 112 valence electrons. The molecule has 0 aliphatic rings. The average molecular weight is 308 g/mol. The summed E-state index contributed by atoms with van der Waals surface area (Å²) in [6.45, 7) is 0.448. The maximum absolute atomic E-state index is 11.4. The minimum Gasteiger partial charge on any atom is -0.455 e. The maximum Gasteiger partial charge on any atom is 0.238 e. The van der Waals surface area contributed by atoms with Gasteiger partial charge in [0.25, 0.3) is 0 Å². The zero-order valence-corrected chi connectivity index (χ0v) is 12.3. The van der Waals surface area contributed by atoms with E-state index in [4.69, 9.17) is 20.3 Å². The van der Waals surface area contributed by atoms with Crippen LogP contribution in [0.5, 0.6) is 11.5 Å². The fraction of sp³-hybridized carbons (Fsp3) is 0.143. The number of methoxy groups -OCH3 is 1. The van der Waals surface area contributed by atoms with Gasteiger partial charge in [-0.15, -0.1) is 0 Å². The Morgan fingerprint density at radius 1 is 1.14 bits per heavy atom. The molecule has 0 spiro atoms. The Kier molecular flexibility index (Phi) is 4.46. The molecule has 0 atom stereocenters. The van der Waals surface area contributed by atoms with Crippen LogP contribution in [-0.4, -0.2) is 15.5 Å². The van der Waals surface area contributed by atoms with Gasteiger partial charge in [-0.25, -0.2) is 13.6 Å². The third-order valence-corrected chi connectivity index (χ3v) is 3.66. The van der Waals surface area contributed by atoms with E-state index in [0.29, 0.717) is 18.0 Å². The van der Waals surface area contributed by atoms with E-state index in [1.807, 2.05) is 12.1 Å². The van der Waals surface area contributed by atoms with E-state index in [0.717, 1.165) is 5.56 Å². The molecule has 21 heavy (non-hydrogen) atoms. The van der Waals surface area contributed by atoms with Crippen molar-refractivity contribution in [2.24, 2.45) is 5.14 Å². The molecule has 0 bridgehead atoms. The van der Waals surface area contributed by atoms with Crippen molar-refractivity contribution in [1.29, 1.82) is 0 Å². The van der Waals surface area contributed by atoms with Gasteiger partial charge in [0.05, 0.1) is 17.2 Å². The topological polar surface area (TPSA) is 105 Å². The fourth-order valence-electron chi connectivity index (χ4n) is 1.77. The number of sulfonamides is 1. The number of nitrogens with two attached hydrogens (primary N) is 2. The van der Waals surface area contributed by atoms with Gasteiger partial charge in [0.1, 0.15) is 5.75 Å². The number of hydrogen-bond acceptors (Lipinski definition) is 5. The molecule has 6 nitrogen and oxygen atoms in total. The van der Waals surface area contributed by atoms with Crippen molar-refractivity contribution >= 4 is 15.7 Å². The van der Waals surface area contributed by atoms with E-state index < -0.39 is 10.0 Å². The molecule has 7 heteroatoms. The van der Waals surface area contributed by atoms with Gasteiger partial charge >= 0.3 is 0 Å². The number of ether oxygens (including phenoxy) is 2. The monoisotopic (exact) mass is 308 g/mol. The molecule has 0 aromatic heterocycles. The highest BCUT2D eigenvalue weighted by Gasteiger charge is 2.12. The van der Waals surface area contributed by atoms with Crippen LogP contribution >= 0.6 is 0 Å². The maximum atomic E-state index is 11.4. The van der Waals surface area contributed by atoms with E-state index in [-0.39, 0.29) is 10.6 Å². The highest BCUT2D eigenvalue weighted by Crippen LogP contribution is 2.30. The predicted octanol–water partition coefficient (Wildman–Crippen LogP) is 1.85. The third-order valence-electron chi connectivity index (χ3n) is 2.75. The largest absolute Gasteiger partial charge is 0.455 e. The van der Waals surface area contributed by atoms with Crippen LogP contribution in [-0.2, 0) is 21.4 Å². The smallest absolute Gasteiger partial charge is 0.238 e. The summed E-state index contributed by atoms with van der Waals surface area (Å²) in [5.74, 6) is 0.763. The predicted molar refractivity (Wildman–Crippen MR) is 79.5 cm³/mol. The molecule has 0 aliphatic carbocycles. The fourth-order valence-corrected chi connectivity index (χ4v) is 2.30. The van der Waals surface area contributed by atoms with Crippen LogP contribution in [0.2, 0.25) is 0 Å². The molecule has 0 saturated heterocycles. The normalized spacial score (nSPS) is 11.3. The molecule has 2 rings (SSSR count). The van der Waals surface area contributed by atoms with E-state index >= 15 is 0 Å². The van der Waals surface area contributed by atoms with Crippen molar-refractivity contribution in [3.63, 3.8) is 0 Å². The standard InChI is InChI=1S/C14H16N2O4S/c1-19-9-10-3-2-4-11(7-10)20-14-8-12(21(16,17)18)5-6-13(14)15/h2-8H,9,15H2,1H3,(H2,16,17,18). The summed E-state index contributed by atoms with van der Waals surface area (Å²) < 4.78 is 33.4. The first-order valence-electron chi connectivity index (χ1n) is 6.08. The first-order chi connectivity index (χ1) is 9.90. The van der Waals surface area contributed by atoms with Crippen LogP contribution in [0.4, 0.5) is 5.69 Å². The second kappa shape index (κ2) is 6.13. The summed E-state index contributed by atoms with van der Waals surface area (Å²) in [6.07, 6.45) is 0. The Labute approximate surface area is 123 Å². The summed E-state index contributed by atoms with van der Waals surface area (Å²) in [5, 5.41) is 5.09. The van der Waals surface area contributed by atoms with Crippen LogP contribution in [0.25, 0.3) is 0 Å². The van der Waals surface area contributed by atoms with Crippen LogP contribution in [0.3, 0.4) is 0 Å². The molecule has 0 unspecified atom stereocenters. The highest BCUT2D eigenvalue weighted by atomic mass is 32.2. The zero-order valence-electron chi connectivity index (χ0n) is 11.4.